The summed E-state index contributed by atoms with van der Waals surface area (Å²) >= 11 is 0. The molecule has 0 spiro atoms. The third kappa shape index (κ3) is 25.4. The van der Waals surface area contributed by atoms with Crippen molar-refractivity contribution in [2.75, 3.05) is 19.8 Å². The average Bonchev–Trinajstić information content (AvgIpc) is 2.91. The van der Waals surface area contributed by atoms with Gasteiger partial charge in [0.25, 0.3) is 0 Å². The van der Waals surface area contributed by atoms with Crippen LogP contribution >= 0.6 is 7.82 Å². The van der Waals surface area contributed by atoms with Gasteiger partial charge in [-0.25, -0.2) is 4.57 Å². The molecule has 8 nitrogen and oxygen atoms in total. The van der Waals surface area contributed by atoms with E-state index in [-0.39, 0.29) is 25.7 Å². The Labute approximate surface area is 238 Å². The number of nitrogens with two attached hydrogens (primary N) is 1. The van der Waals surface area contributed by atoms with Crippen LogP contribution in [-0.2, 0) is 18.4 Å². The molecule has 0 saturated carbocycles. The van der Waals surface area contributed by atoms with Gasteiger partial charge in [0.15, 0.2) is 0 Å². The van der Waals surface area contributed by atoms with Crippen LogP contribution in [-0.4, -0.2) is 47.8 Å². The topological polar surface area (TPSA) is 131 Å². The number of allylic oxidation sites excluding steroid dienone is 5. The van der Waals surface area contributed by atoms with E-state index in [1.165, 1.54) is 38.5 Å². The summed E-state index contributed by atoms with van der Waals surface area (Å²) in [7, 11) is -4.33. The van der Waals surface area contributed by atoms with Crippen LogP contribution in [0, 0.1) is 0 Å². The summed E-state index contributed by atoms with van der Waals surface area (Å²) in [5.74, 6) is -0.222. The number of unbranched alkanes of at least 4 members (excludes halogenated alkanes) is 11. The summed E-state index contributed by atoms with van der Waals surface area (Å²) in [5.41, 5.74) is 5.31. The maximum Gasteiger partial charge on any atom is 0.472 e. The van der Waals surface area contributed by atoms with Crippen LogP contribution in [0.25, 0.3) is 0 Å². The number of aliphatic hydroxyl groups excluding tert-OH is 1. The second-order valence-corrected chi connectivity index (χ2v) is 11.4. The quantitative estimate of drug-likeness (QED) is 0.0480. The van der Waals surface area contributed by atoms with Gasteiger partial charge in [0, 0.05) is 13.0 Å². The highest BCUT2D eigenvalue weighted by molar-refractivity contribution is 7.47. The summed E-state index contributed by atoms with van der Waals surface area (Å²) in [4.78, 5) is 22.3. The van der Waals surface area contributed by atoms with Gasteiger partial charge >= 0.3 is 7.82 Å². The van der Waals surface area contributed by atoms with Gasteiger partial charge in [-0.15, -0.1) is 0 Å². The van der Waals surface area contributed by atoms with E-state index in [0.717, 1.165) is 57.8 Å². The smallest absolute Gasteiger partial charge is 0.387 e. The number of hydrogen-bond acceptors (Lipinski definition) is 6. The molecule has 5 N–H and O–H groups in total. The zero-order chi connectivity index (χ0) is 29.0. The van der Waals surface area contributed by atoms with E-state index in [1.807, 2.05) is 6.08 Å². The molecule has 0 aromatic rings. The molecule has 228 valence electrons. The van der Waals surface area contributed by atoms with E-state index in [4.69, 9.17) is 14.8 Å². The van der Waals surface area contributed by atoms with Crippen LogP contribution in [0.5, 0.6) is 0 Å². The Morgan fingerprint density at radius 3 is 2.05 bits per heavy atom. The molecular formula is C30H57N2O6P. The van der Waals surface area contributed by atoms with Crippen molar-refractivity contribution in [3.05, 3.63) is 36.5 Å². The summed E-state index contributed by atoms with van der Waals surface area (Å²) in [6.45, 7) is 3.96. The van der Waals surface area contributed by atoms with Crippen LogP contribution in [0.1, 0.15) is 117 Å². The Bertz CT molecular complexity index is 714. The van der Waals surface area contributed by atoms with Crippen molar-refractivity contribution in [1.29, 1.82) is 0 Å². The number of hydrogen-bond donors (Lipinski definition) is 4. The lowest BCUT2D eigenvalue weighted by molar-refractivity contribution is -0.123. The first-order valence-electron chi connectivity index (χ1n) is 15.1. The van der Waals surface area contributed by atoms with E-state index in [9.17, 15) is 19.4 Å². The minimum absolute atomic E-state index is 0.0715. The zero-order valence-electron chi connectivity index (χ0n) is 24.6. The van der Waals surface area contributed by atoms with Crippen LogP contribution in [0.15, 0.2) is 36.5 Å². The number of phosphoric acid groups is 1. The largest absolute Gasteiger partial charge is 0.472 e. The molecule has 1 amide bonds. The maximum atomic E-state index is 12.5. The van der Waals surface area contributed by atoms with E-state index in [1.54, 1.807) is 6.08 Å². The minimum atomic E-state index is -4.33. The van der Waals surface area contributed by atoms with Crippen LogP contribution in [0.4, 0.5) is 0 Å². The van der Waals surface area contributed by atoms with Crippen molar-refractivity contribution in [2.24, 2.45) is 5.73 Å². The average molecular weight is 573 g/mol. The lowest BCUT2D eigenvalue weighted by Gasteiger charge is -2.23. The van der Waals surface area contributed by atoms with Gasteiger partial charge in [-0.2, -0.15) is 0 Å². The molecule has 3 atom stereocenters. The molecule has 0 aromatic heterocycles. The van der Waals surface area contributed by atoms with Crippen molar-refractivity contribution in [3.63, 3.8) is 0 Å². The van der Waals surface area contributed by atoms with Crippen molar-refractivity contribution < 1.29 is 28.4 Å². The number of carbonyl (C=O) groups excluding carboxylic acids is 1. The molecule has 0 heterocycles. The highest BCUT2D eigenvalue weighted by Crippen LogP contribution is 2.43. The molecule has 3 unspecified atom stereocenters. The number of rotatable bonds is 27. The molecule has 0 radical (unpaired) electrons. The van der Waals surface area contributed by atoms with Crippen LogP contribution in [0.2, 0.25) is 0 Å². The minimum Gasteiger partial charge on any atom is -0.387 e. The predicted octanol–water partition coefficient (Wildman–Crippen LogP) is 6.87. The highest BCUT2D eigenvalue weighted by atomic mass is 31.2. The zero-order valence-corrected chi connectivity index (χ0v) is 25.5. The Kier molecular flexibility index (Phi) is 26.0. The third-order valence-electron chi connectivity index (χ3n) is 6.19. The van der Waals surface area contributed by atoms with Crippen LogP contribution < -0.4 is 11.1 Å². The fraction of sp³-hybridized carbons (Fsp3) is 0.767. The molecule has 0 fully saturated rings. The van der Waals surface area contributed by atoms with Gasteiger partial charge in [-0.05, 0) is 51.4 Å². The SMILES string of the molecule is CCCC/C=C/CC/C=C/C(O)C(COP(=O)(O)OCCN)NC(=O)CCCCCCC/C=C\CCCCC. The van der Waals surface area contributed by atoms with Gasteiger partial charge < -0.3 is 21.1 Å². The molecule has 0 bridgehead atoms. The van der Waals surface area contributed by atoms with Crippen molar-refractivity contribution in [1.82, 2.24) is 5.32 Å². The molecule has 0 aliphatic rings. The van der Waals surface area contributed by atoms with Crippen LogP contribution in [0.3, 0.4) is 0 Å². The van der Waals surface area contributed by atoms with Gasteiger partial charge in [-0.1, -0.05) is 95.2 Å². The molecule has 0 aromatic carbocycles. The molecule has 0 aliphatic heterocycles. The first kappa shape index (κ1) is 37.7. The Balaban J connectivity index is 4.49. The standard InChI is InChI=1S/C30H57N2O6P/c1-3-5-7-9-11-13-14-15-16-18-20-22-24-30(34)32-28(27-38-39(35,36)37-26-25-31)29(33)23-21-19-17-12-10-8-6-4-2/h10-13,21,23,28-29,33H,3-9,14-20,22,24-27,31H2,1-2H3,(H,32,34)(H,35,36)/b12-10+,13-11-,23-21+. The molecule has 0 saturated heterocycles. The summed E-state index contributed by atoms with van der Waals surface area (Å²) in [5, 5.41) is 13.4. The highest BCUT2D eigenvalue weighted by Gasteiger charge is 2.26. The number of nitrogens with one attached hydrogen (secondary N) is 1. The number of phosphoric ester groups is 1. The van der Waals surface area contributed by atoms with E-state index in [0.29, 0.717) is 6.42 Å². The number of aliphatic hydroxyl groups is 1. The van der Waals surface area contributed by atoms with Gasteiger partial charge in [0.2, 0.25) is 5.91 Å². The fourth-order valence-corrected chi connectivity index (χ4v) is 4.59. The second kappa shape index (κ2) is 26.9. The summed E-state index contributed by atoms with van der Waals surface area (Å²) in [6, 6.07) is -0.875. The molecule has 0 rings (SSSR count). The van der Waals surface area contributed by atoms with Gasteiger partial charge in [0.05, 0.1) is 25.4 Å². The number of amides is 1. The summed E-state index contributed by atoms with van der Waals surface area (Å²) in [6.07, 6.45) is 27.8. The maximum absolute atomic E-state index is 12.5. The lowest BCUT2D eigenvalue weighted by atomic mass is 10.1. The first-order valence-corrected chi connectivity index (χ1v) is 16.6. The van der Waals surface area contributed by atoms with E-state index >= 15 is 0 Å². The summed E-state index contributed by atoms with van der Waals surface area (Å²) < 4.78 is 21.8. The van der Waals surface area contributed by atoms with Crippen molar-refractivity contribution in [2.45, 2.75) is 129 Å². The fourth-order valence-electron chi connectivity index (χ4n) is 3.83. The first-order chi connectivity index (χ1) is 18.9. The lowest BCUT2D eigenvalue weighted by Crippen LogP contribution is -2.45. The second-order valence-electron chi connectivity index (χ2n) is 9.94. The molecular weight excluding hydrogens is 515 g/mol. The predicted molar refractivity (Wildman–Crippen MR) is 161 cm³/mol. The third-order valence-corrected chi connectivity index (χ3v) is 7.17. The Morgan fingerprint density at radius 1 is 0.821 bits per heavy atom. The normalized spacial score (nSPS) is 15.3. The number of carbonyl (C=O) groups is 1. The van der Waals surface area contributed by atoms with E-state index in [2.05, 4.69) is 43.5 Å². The molecule has 9 heteroatoms. The Hall–Kier alpha value is -1.28. The monoisotopic (exact) mass is 572 g/mol. The van der Waals surface area contributed by atoms with Gasteiger partial charge in [-0.3, -0.25) is 13.8 Å². The van der Waals surface area contributed by atoms with Gasteiger partial charge in [0.1, 0.15) is 0 Å². The van der Waals surface area contributed by atoms with E-state index < -0.39 is 20.0 Å². The Morgan fingerprint density at radius 2 is 1.38 bits per heavy atom. The molecule has 39 heavy (non-hydrogen) atoms. The van der Waals surface area contributed by atoms with Crippen molar-refractivity contribution >= 4 is 13.7 Å². The van der Waals surface area contributed by atoms with Crippen molar-refractivity contribution in [3.8, 4) is 0 Å². The molecule has 0 aliphatic carbocycles.